The molecule has 2 amide bonds. The van der Waals surface area contributed by atoms with Gasteiger partial charge in [0.15, 0.2) is 0 Å². The highest BCUT2D eigenvalue weighted by Gasteiger charge is 2.21. The third-order valence-corrected chi connectivity index (χ3v) is 4.33. The van der Waals surface area contributed by atoms with Crippen LogP contribution in [0.15, 0.2) is 30.5 Å². The number of aromatic nitrogens is 3. The topological polar surface area (TPSA) is 92.2 Å². The van der Waals surface area contributed by atoms with Crippen molar-refractivity contribution in [1.29, 1.82) is 0 Å². The molecule has 8 nitrogen and oxygen atoms in total. The van der Waals surface area contributed by atoms with Crippen LogP contribution in [0.25, 0.3) is 0 Å². The average molecular weight is 356 g/mol. The van der Waals surface area contributed by atoms with Gasteiger partial charge in [0.1, 0.15) is 11.5 Å². The Morgan fingerprint density at radius 2 is 2.00 bits per heavy atom. The molecule has 0 fully saturated rings. The lowest BCUT2D eigenvalue weighted by Crippen LogP contribution is -2.43. The van der Waals surface area contributed by atoms with Crippen molar-refractivity contribution in [3.05, 3.63) is 41.9 Å². The number of anilines is 1. The number of fused-ring (bicyclic) bond motifs is 2. The van der Waals surface area contributed by atoms with Gasteiger partial charge in [-0.25, -0.2) is 4.98 Å². The fraction of sp³-hybridized carbons (Fsp3) is 0.444. The van der Waals surface area contributed by atoms with E-state index in [-0.39, 0.29) is 18.4 Å². The maximum absolute atomic E-state index is 12.8. The number of pyridine rings is 1. The van der Waals surface area contributed by atoms with Crippen molar-refractivity contribution in [2.45, 2.75) is 19.3 Å². The first-order valence-corrected chi connectivity index (χ1v) is 8.87. The summed E-state index contributed by atoms with van der Waals surface area (Å²) in [5.41, 5.74) is 1.51. The Kier molecular flexibility index (Phi) is 5.83. The molecular weight excluding hydrogens is 332 g/mol. The van der Waals surface area contributed by atoms with Crippen molar-refractivity contribution in [3.8, 4) is 0 Å². The van der Waals surface area contributed by atoms with Gasteiger partial charge in [0.05, 0.1) is 6.54 Å². The second-order valence-corrected chi connectivity index (χ2v) is 6.31. The van der Waals surface area contributed by atoms with Crippen LogP contribution in [0.4, 0.5) is 5.82 Å². The molecule has 1 aliphatic rings. The minimum absolute atomic E-state index is 0.0492. The van der Waals surface area contributed by atoms with Crippen molar-refractivity contribution in [3.63, 3.8) is 0 Å². The summed E-state index contributed by atoms with van der Waals surface area (Å²) in [7, 11) is 1.72. The fourth-order valence-electron chi connectivity index (χ4n) is 2.95. The van der Waals surface area contributed by atoms with E-state index in [2.05, 4.69) is 20.7 Å². The molecule has 8 heteroatoms. The Hall–Kier alpha value is -2.90. The highest BCUT2D eigenvalue weighted by molar-refractivity contribution is 5.95. The second kappa shape index (κ2) is 8.46. The fourth-order valence-corrected chi connectivity index (χ4v) is 2.95. The van der Waals surface area contributed by atoms with E-state index in [1.807, 2.05) is 18.2 Å². The predicted octanol–water partition coefficient (Wildman–Crippen LogP) is 0.822. The average Bonchev–Trinajstić information content (AvgIpc) is 3.06. The zero-order chi connectivity index (χ0) is 18.4. The lowest BCUT2D eigenvalue weighted by molar-refractivity contribution is -0.121. The molecule has 2 bridgehead atoms. The lowest BCUT2D eigenvalue weighted by Gasteiger charge is -2.22. The summed E-state index contributed by atoms with van der Waals surface area (Å²) < 4.78 is 1.53. The molecular formula is C18H24N6O2. The summed E-state index contributed by atoms with van der Waals surface area (Å²) in [4.78, 5) is 31.2. The monoisotopic (exact) mass is 356 g/mol. The van der Waals surface area contributed by atoms with E-state index in [9.17, 15) is 9.59 Å². The second-order valence-electron chi connectivity index (χ2n) is 6.31. The van der Waals surface area contributed by atoms with Crippen LogP contribution in [0.2, 0.25) is 0 Å². The molecule has 0 spiro atoms. The number of rotatable bonds is 1. The first kappa shape index (κ1) is 17.9. The van der Waals surface area contributed by atoms with Crippen molar-refractivity contribution >= 4 is 17.6 Å². The lowest BCUT2D eigenvalue weighted by atomic mass is 10.1. The quantitative estimate of drug-likeness (QED) is 0.789. The summed E-state index contributed by atoms with van der Waals surface area (Å²) >= 11 is 0. The van der Waals surface area contributed by atoms with Gasteiger partial charge in [-0.2, -0.15) is 5.10 Å². The number of hydrogen-bond donors (Lipinski definition) is 2. The summed E-state index contributed by atoms with van der Waals surface area (Å²) in [6, 6.07) is 7.58. The Morgan fingerprint density at radius 1 is 1.15 bits per heavy atom. The highest BCUT2D eigenvalue weighted by Crippen LogP contribution is 2.10. The smallest absolute Gasteiger partial charge is 0.272 e. The van der Waals surface area contributed by atoms with Crippen LogP contribution < -0.4 is 10.6 Å². The summed E-state index contributed by atoms with van der Waals surface area (Å²) in [5, 5.41) is 10.1. The van der Waals surface area contributed by atoms with Crippen LogP contribution >= 0.6 is 0 Å². The van der Waals surface area contributed by atoms with Gasteiger partial charge in [0.2, 0.25) is 5.91 Å². The molecule has 0 aliphatic carbocycles. The Labute approximate surface area is 152 Å². The maximum atomic E-state index is 12.8. The van der Waals surface area contributed by atoms with Gasteiger partial charge in [0.25, 0.3) is 5.91 Å². The molecule has 0 saturated heterocycles. The minimum Gasteiger partial charge on any atom is -0.368 e. The van der Waals surface area contributed by atoms with Crippen LogP contribution in [-0.2, 0) is 18.3 Å². The van der Waals surface area contributed by atoms with Gasteiger partial charge < -0.3 is 15.5 Å². The number of aryl methyl sites for hydroxylation is 2. The van der Waals surface area contributed by atoms with E-state index in [4.69, 9.17) is 0 Å². The Balaban J connectivity index is 1.71. The molecule has 138 valence electrons. The van der Waals surface area contributed by atoms with Gasteiger partial charge in [0, 0.05) is 38.6 Å². The number of nitrogens with one attached hydrogen (secondary N) is 2. The number of carbonyl (C=O) groups excluding carboxylic acids is 2. The molecule has 3 rings (SSSR count). The maximum Gasteiger partial charge on any atom is 0.272 e. The van der Waals surface area contributed by atoms with Gasteiger partial charge in [-0.3, -0.25) is 14.3 Å². The van der Waals surface area contributed by atoms with Gasteiger partial charge >= 0.3 is 0 Å². The molecule has 26 heavy (non-hydrogen) atoms. The molecule has 2 N–H and O–H groups in total. The molecule has 2 aromatic rings. The summed E-state index contributed by atoms with van der Waals surface area (Å²) in [6.45, 7) is 1.62. The Bertz CT molecular complexity index is 773. The third-order valence-electron chi connectivity index (χ3n) is 4.33. The summed E-state index contributed by atoms with van der Waals surface area (Å²) in [5.74, 6) is 0.480. The number of carbonyl (C=O) groups is 2. The number of nitrogens with zero attached hydrogens (tertiary/aromatic N) is 4. The minimum atomic E-state index is -0.175. The number of amides is 2. The highest BCUT2D eigenvalue weighted by atomic mass is 16.2. The molecule has 2 aromatic heterocycles. The van der Waals surface area contributed by atoms with E-state index in [0.29, 0.717) is 25.3 Å². The van der Waals surface area contributed by atoms with E-state index in [1.165, 1.54) is 4.68 Å². The standard InChI is InChI=1S/C18H24N6O2/c1-23-15(8-9-21-23)18(26)24-12-3-2-5-14-6-4-7-16(22-14)19-10-11-20-17(25)13-24/h4,6-9H,2-3,5,10-13H2,1H3,(H,19,22)(H,20,25). The van der Waals surface area contributed by atoms with Crippen LogP contribution in [-0.4, -0.2) is 57.7 Å². The summed E-state index contributed by atoms with van der Waals surface area (Å²) in [6.07, 6.45) is 4.13. The molecule has 3 heterocycles. The molecule has 0 atom stereocenters. The third kappa shape index (κ3) is 4.59. The first-order chi connectivity index (χ1) is 12.6. The molecule has 0 radical (unpaired) electrons. The first-order valence-electron chi connectivity index (χ1n) is 8.87. The normalized spacial score (nSPS) is 16.3. The van der Waals surface area contributed by atoms with E-state index in [0.717, 1.165) is 30.8 Å². The zero-order valence-corrected chi connectivity index (χ0v) is 14.9. The van der Waals surface area contributed by atoms with Crippen LogP contribution in [0.5, 0.6) is 0 Å². The van der Waals surface area contributed by atoms with Crippen molar-refractivity contribution in [2.24, 2.45) is 7.05 Å². The molecule has 0 aromatic carbocycles. The van der Waals surface area contributed by atoms with Gasteiger partial charge in [-0.1, -0.05) is 6.07 Å². The van der Waals surface area contributed by atoms with Crippen molar-refractivity contribution in [1.82, 2.24) is 25.0 Å². The Morgan fingerprint density at radius 3 is 2.81 bits per heavy atom. The molecule has 1 aliphatic heterocycles. The molecule has 0 unspecified atom stereocenters. The van der Waals surface area contributed by atoms with E-state index in [1.54, 1.807) is 24.2 Å². The van der Waals surface area contributed by atoms with Crippen molar-refractivity contribution in [2.75, 3.05) is 31.5 Å². The SMILES string of the molecule is Cn1nccc1C(=O)N1CCCCc2cccc(n2)NCCNC(=O)C1. The van der Waals surface area contributed by atoms with Gasteiger partial charge in [-0.05, 0) is 37.5 Å². The zero-order valence-electron chi connectivity index (χ0n) is 14.9. The van der Waals surface area contributed by atoms with Crippen LogP contribution in [0, 0.1) is 0 Å². The van der Waals surface area contributed by atoms with E-state index >= 15 is 0 Å². The molecule has 0 saturated carbocycles. The largest absolute Gasteiger partial charge is 0.368 e. The van der Waals surface area contributed by atoms with Gasteiger partial charge in [-0.15, -0.1) is 0 Å². The van der Waals surface area contributed by atoms with Crippen molar-refractivity contribution < 1.29 is 9.59 Å². The number of hydrogen-bond acceptors (Lipinski definition) is 5. The van der Waals surface area contributed by atoms with E-state index < -0.39 is 0 Å². The van der Waals surface area contributed by atoms with Crippen LogP contribution in [0.3, 0.4) is 0 Å². The van der Waals surface area contributed by atoms with Crippen LogP contribution in [0.1, 0.15) is 29.0 Å². The predicted molar refractivity (Wildman–Crippen MR) is 97.8 cm³/mol.